The zero-order valence-electron chi connectivity index (χ0n) is 9.36. The van der Waals surface area contributed by atoms with Crippen LogP contribution in [0.1, 0.15) is 18.5 Å². The van der Waals surface area contributed by atoms with Crippen molar-refractivity contribution in [3.8, 4) is 0 Å². The maximum atomic E-state index is 13.5. The number of rotatable bonds is 5. The first-order valence-corrected chi connectivity index (χ1v) is 6.73. The smallest absolute Gasteiger partial charge is 0.305 e. The molecule has 102 valence electrons. The molecule has 7 heteroatoms. The van der Waals surface area contributed by atoms with Gasteiger partial charge in [0.2, 0.25) is 0 Å². The van der Waals surface area contributed by atoms with E-state index in [4.69, 9.17) is 0 Å². The average molecular weight is 393 g/mol. The predicted octanol–water partition coefficient (Wildman–Crippen LogP) is 4.76. The number of hydrogen-bond donors (Lipinski definition) is 1. The molecule has 0 aliphatic heterocycles. The predicted molar refractivity (Wildman–Crippen MR) is 69.2 cm³/mol. The van der Waals surface area contributed by atoms with Crippen molar-refractivity contribution in [3.05, 3.63) is 32.7 Å². The van der Waals surface area contributed by atoms with Gasteiger partial charge >= 0.3 is 12.3 Å². The van der Waals surface area contributed by atoms with Gasteiger partial charge in [-0.05, 0) is 30.3 Å². The minimum Gasteiger partial charge on any atom is -0.305 e. The highest BCUT2D eigenvalue weighted by molar-refractivity contribution is 9.11. The van der Waals surface area contributed by atoms with Crippen LogP contribution in [0.15, 0.2) is 27.1 Å². The molecule has 1 N–H and O–H groups in total. The number of alkyl halides is 4. The van der Waals surface area contributed by atoms with Crippen LogP contribution in [0.5, 0.6) is 0 Å². The molecule has 0 spiro atoms. The molecule has 0 heterocycles. The highest BCUT2D eigenvalue weighted by atomic mass is 79.9. The summed E-state index contributed by atoms with van der Waals surface area (Å²) in [6.45, 7) is 1.74. The van der Waals surface area contributed by atoms with Crippen LogP contribution < -0.4 is 5.32 Å². The Morgan fingerprint density at radius 2 is 1.89 bits per heavy atom. The first-order chi connectivity index (χ1) is 8.30. The van der Waals surface area contributed by atoms with Crippen LogP contribution in [0.25, 0.3) is 0 Å². The molecule has 0 aromatic heterocycles. The summed E-state index contributed by atoms with van der Waals surface area (Å²) in [5.74, 6) is -4.14. The summed E-state index contributed by atoms with van der Waals surface area (Å²) in [6, 6.07) is 2.82. The summed E-state index contributed by atoms with van der Waals surface area (Å²) in [4.78, 5) is 0. The van der Waals surface area contributed by atoms with Crippen molar-refractivity contribution in [1.29, 1.82) is 0 Å². The Labute approximate surface area is 119 Å². The van der Waals surface area contributed by atoms with E-state index < -0.39 is 18.4 Å². The second kappa shape index (κ2) is 6.34. The molecule has 0 saturated carbocycles. The third-order valence-electron chi connectivity index (χ3n) is 2.35. The zero-order chi connectivity index (χ0) is 13.9. The highest BCUT2D eigenvalue weighted by Gasteiger charge is 2.49. The van der Waals surface area contributed by atoms with Crippen molar-refractivity contribution in [2.45, 2.75) is 25.3 Å². The van der Waals surface area contributed by atoms with Crippen molar-refractivity contribution in [2.75, 3.05) is 6.54 Å². The van der Waals surface area contributed by atoms with E-state index in [0.29, 0.717) is 8.95 Å². The molecule has 1 aromatic rings. The Morgan fingerprint density at radius 3 is 2.39 bits per heavy atom. The van der Waals surface area contributed by atoms with E-state index in [1.165, 1.54) is 12.1 Å². The Balaban J connectivity index is 3.23. The van der Waals surface area contributed by atoms with Crippen molar-refractivity contribution in [2.24, 2.45) is 0 Å². The Hall–Kier alpha value is -0.140. The molecule has 0 aliphatic carbocycles. The summed E-state index contributed by atoms with van der Waals surface area (Å²) in [6.07, 6.45) is -3.73. The van der Waals surface area contributed by atoms with Gasteiger partial charge in [0, 0.05) is 8.95 Å². The molecule has 0 amide bonds. The van der Waals surface area contributed by atoms with Crippen molar-refractivity contribution in [1.82, 2.24) is 5.32 Å². The first kappa shape index (κ1) is 15.9. The summed E-state index contributed by atoms with van der Waals surface area (Å²) >= 11 is 6.24. The Bertz CT molecular complexity index is 412. The van der Waals surface area contributed by atoms with Gasteiger partial charge in [-0.2, -0.15) is 8.78 Å². The van der Waals surface area contributed by atoms with Gasteiger partial charge in [-0.25, -0.2) is 8.78 Å². The summed E-state index contributed by atoms with van der Waals surface area (Å²) in [5.41, 5.74) is 0.0940. The molecule has 0 saturated heterocycles. The molecular formula is C11H11Br2F4N. The van der Waals surface area contributed by atoms with Crippen LogP contribution in [0, 0.1) is 0 Å². The van der Waals surface area contributed by atoms with Crippen LogP contribution in [0.4, 0.5) is 17.6 Å². The minimum absolute atomic E-state index is 0.0940. The lowest BCUT2D eigenvalue weighted by Gasteiger charge is -2.28. The SMILES string of the molecule is CCNC(c1cc(Br)ccc1Br)C(F)(F)C(F)F. The third kappa shape index (κ3) is 3.45. The van der Waals surface area contributed by atoms with Crippen LogP contribution in [-0.4, -0.2) is 18.9 Å². The highest BCUT2D eigenvalue weighted by Crippen LogP contribution is 2.40. The van der Waals surface area contributed by atoms with E-state index in [1.54, 1.807) is 13.0 Å². The van der Waals surface area contributed by atoms with Crippen LogP contribution in [0.3, 0.4) is 0 Å². The van der Waals surface area contributed by atoms with Gasteiger partial charge in [-0.15, -0.1) is 0 Å². The fourth-order valence-corrected chi connectivity index (χ4v) is 2.37. The van der Waals surface area contributed by atoms with Gasteiger partial charge in [0.1, 0.15) is 6.04 Å². The van der Waals surface area contributed by atoms with Gasteiger partial charge in [-0.1, -0.05) is 38.8 Å². The maximum absolute atomic E-state index is 13.5. The number of hydrogen-bond acceptors (Lipinski definition) is 1. The quantitative estimate of drug-likeness (QED) is 0.712. The summed E-state index contributed by atoms with van der Waals surface area (Å²) < 4.78 is 53.0. The molecule has 0 fully saturated rings. The lowest BCUT2D eigenvalue weighted by Crippen LogP contribution is -2.42. The monoisotopic (exact) mass is 391 g/mol. The molecule has 0 radical (unpaired) electrons. The molecule has 1 unspecified atom stereocenters. The van der Waals surface area contributed by atoms with E-state index in [1.807, 2.05) is 0 Å². The summed E-state index contributed by atoms with van der Waals surface area (Å²) in [5, 5.41) is 2.41. The van der Waals surface area contributed by atoms with Crippen LogP contribution in [-0.2, 0) is 0 Å². The molecule has 1 nitrogen and oxygen atoms in total. The fourth-order valence-electron chi connectivity index (χ4n) is 1.52. The fraction of sp³-hybridized carbons (Fsp3) is 0.455. The average Bonchev–Trinajstić information content (AvgIpc) is 2.29. The molecule has 1 aromatic carbocycles. The van der Waals surface area contributed by atoms with Crippen molar-refractivity contribution >= 4 is 31.9 Å². The molecule has 18 heavy (non-hydrogen) atoms. The lowest BCUT2D eigenvalue weighted by molar-refractivity contribution is -0.151. The van der Waals surface area contributed by atoms with Crippen LogP contribution >= 0.6 is 31.9 Å². The van der Waals surface area contributed by atoms with E-state index in [0.717, 1.165) is 0 Å². The topological polar surface area (TPSA) is 12.0 Å². The van der Waals surface area contributed by atoms with Crippen molar-refractivity contribution in [3.63, 3.8) is 0 Å². The number of halogens is 6. The van der Waals surface area contributed by atoms with Gasteiger partial charge in [0.05, 0.1) is 0 Å². The molecule has 1 atom stereocenters. The second-order valence-electron chi connectivity index (χ2n) is 3.63. The molecule has 0 aliphatic rings. The van der Waals surface area contributed by atoms with E-state index in [9.17, 15) is 17.6 Å². The Morgan fingerprint density at radius 1 is 1.28 bits per heavy atom. The normalized spacial score (nSPS) is 14.0. The maximum Gasteiger partial charge on any atom is 0.326 e. The second-order valence-corrected chi connectivity index (χ2v) is 5.40. The van der Waals surface area contributed by atoms with Crippen LogP contribution in [0.2, 0.25) is 0 Å². The van der Waals surface area contributed by atoms with E-state index in [2.05, 4.69) is 37.2 Å². The number of benzene rings is 1. The first-order valence-electron chi connectivity index (χ1n) is 5.15. The zero-order valence-corrected chi connectivity index (χ0v) is 12.5. The Kier molecular flexibility index (Phi) is 5.61. The minimum atomic E-state index is -4.14. The largest absolute Gasteiger partial charge is 0.326 e. The van der Waals surface area contributed by atoms with Crippen molar-refractivity contribution < 1.29 is 17.6 Å². The molecule has 1 rings (SSSR count). The molecule has 0 bridgehead atoms. The van der Waals surface area contributed by atoms with E-state index >= 15 is 0 Å². The third-order valence-corrected chi connectivity index (χ3v) is 3.57. The number of nitrogens with one attached hydrogen (secondary N) is 1. The lowest BCUT2D eigenvalue weighted by atomic mass is 10.0. The van der Waals surface area contributed by atoms with Gasteiger partial charge < -0.3 is 5.32 Å². The molecular weight excluding hydrogens is 382 g/mol. The standard InChI is InChI=1S/C11H11Br2F4N/c1-2-18-9(11(16,17)10(14)15)7-5-6(12)3-4-8(7)13/h3-5,9-10,18H,2H2,1H3. The van der Waals surface area contributed by atoms with Gasteiger partial charge in [0.15, 0.2) is 0 Å². The summed E-state index contributed by atoms with van der Waals surface area (Å²) in [7, 11) is 0. The van der Waals surface area contributed by atoms with E-state index in [-0.39, 0.29) is 12.1 Å². The van der Waals surface area contributed by atoms with Gasteiger partial charge in [-0.3, -0.25) is 0 Å². The van der Waals surface area contributed by atoms with Gasteiger partial charge in [0.25, 0.3) is 0 Å².